The molecular weight excluding hydrogens is 448 g/mol. The van der Waals surface area contributed by atoms with Crippen LogP contribution in [0.15, 0.2) is 40.9 Å². The van der Waals surface area contributed by atoms with Gasteiger partial charge in [-0.2, -0.15) is 0 Å². The topological polar surface area (TPSA) is 92.1 Å². The van der Waals surface area contributed by atoms with Gasteiger partial charge in [-0.05, 0) is 61.7 Å². The maximum atomic E-state index is 12.5. The Labute approximate surface area is 182 Å². The minimum absolute atomic E-state index is 0.0467. The van der Waals surface area contributed by atoms with Gasteiger partial charge in [-0.1, -0.05) is 21.1 Å². The average Bonchev–Trinajstić information content (AvgIpc) is 3.40. The molecule has 156 valence electrons. The van der Waals surface area contributed by atoms with E-state index in [2.05, 4.69) is 36.9 Å². The average molecular weight is 471 g/mol. The van der Waals surface area contributed by atoms with Crippen LogP contribution in [0, 0.1) is 6.92 Å². The maximum absolute atomic E-state index is 12.5. The quantitative estimate of drug-likeness (QED) is 0.596. The molecule has 2 heterocycles. The van der Waals surface area contributed by atoms with Crippen molar-refractivity contribution in [3.05, 3.63) is 52.0 Å². The Hall–Kier alpha value is -2.94. The molecule has 2 N–H and O–H groups in total. The molecule has 1 fully saturated rings. The van der Waals surface area contributed by atoms with Gasteiger partial charge in [0.05, 0.1) is 12.1 Å². The molecule has 1 saturated heterocycles. The predicted octanol–water partition coefficient (Wildman–Crippen LogP) is 3.56. The number of anilines is 1. The molecule has 1 aromatic heterocycles. The van der Waals surface area contributed by atoms with Gasteiger partial charge in [0, 0.05) is 35.4 Å². The molecule has 0 atom stereocenters. The third-order valence-electron chi connectivity index (χ3n) is 5.18. The van der Waals surface area contributed by atoms with Crippen LogP contribution >= 0.6 is 15.9 Å². The summed E-state index contributed by atoms with van der Waals surface area (Å²) in [5.74, 6) is 0.0467. The SMILES string of the molecule is Cc1cc(NC(=O)NCCn2nnc3cc(C(=O)N4CCCC4)ccc32)ccc1Br. The number of nitrogens with zero attached hydrogens (tertiary/aromatic N) is 4. The van der Waals surface area contributed by atoms with E-state index in [1.54, 1.807) is 10.7 Å². The zero-order valence-corrected chi connectivity index (χ0v) is 18.3. The minimum atomic E-state index is -0.278. The lowest BCUT2D eigenvalue weighted by molar-refractivity contribution is 0.0793. The summed E-state index contributed by atoms with van der Waals surface area (Å²) in [4.78, 5) is 26.5. The zero-order chi connectivity index (χ0) is 21.1. The molecule has 3 aromatic rings. The molecule has 9 heteroatoms. The fourth-order valence-corrected chi connectivity index (χ4v) is 3.79. The fraction of sp³-hybridized carbons (Fsp3) is 0.333. The summed E-state index contributed by atoms with van der Waals surface area (Å²) in [6.45, 7) is 4.47. The summed E-state index contributed by atoms with van der Waals surface area (Å²) in [5.41, 5.74) is 3.92. The van der Waals surface area contributed by atoms with Crippen molar-refractivity contribution in [3.8, 4) is 0 Å². The number of carbonyl (C=O) groups excluding carboxylic acids is 2. The van der Waals surface area contributed by atoms with Crippen molar-refractivity contribution in [2.75, 3.05) is 25.0 Å². The summed E-state index contributed by atoms with van der Waals surface area (Å²) in [5, 5.41) is 14.0. The monoisotopic (exact) mass is 470 g/mol. The second-order valence-electron chi connectivity index (χ2n) is 7.36. The number of fused-ring (bicyclic) bond motifs is 1. The van der Waals surface area contributed by atoms with E-state index in [4.69, 9.17) is 0 Å². The van der Waals surface area contributed by atoms with E-state index in [0.29, 0.717) is 24.2 Å². The molecule has 3 amide bonds. The molecular formula is C21H23BrN6O2. The molecule has 30 heavy (non-hydrogen) atoms. The van der Waals surface area contributed by atoms with E-state index in [0.717, 1.165) is 47.2 Å². The molecule has 0 unspecified atom stereocenters. The van der Waals surface area contributed by atoms with Gasteiger partial charge in [-0.3, -0.25) is 4.79 Å². The number of halogens is 1. The molecule has 0 saturated carbocycles. The number of nitrogens with one attached hydrogen (secondary N) is 2. The van der Waals surface area contributed by atoms with Gasteiger partial charge in [-0.25, -0.2) is 9.48 Å². The lowest BCUT2D eigenvalue weighted by atomic mass is 10.1. The van der Waals surface area contributed by atoms with Crippen LogP contribution in [0.25, 0.3) is 11.0 Å². The van der Waals surface area contributed by atoms with Crippen LogP contribution in [0.4, 0.5) is 10.5 Å². The first-order chi connectivity index (χ1) is 14.5. The van der Waals surface area contributed by atoms with Gasteiger partial charge >= 0.3 is 6.03 Å². The van der Waals surface area contributed by atoms with E-state index in [1.165, 1.54) is 0 Å². The highest BCUT2D eigenvalue weighted by atomic mass is 79.9. The molecule has 0 aliphatic carbocycles. The number of carbonyl (C=O) groups is 2. The highest BCUT2D eigenvalue weighted by Crippen LogP contribution is 2.20. The van der Waals surface area contributed by atoms with Gasteiger partial charge in [0.2, 0.25) is 0 Å². The number of aryl methyl sites for hydroxylation is 1. The second-order valence-corrected chi connectivity index (χ2v) is 8.21. The van der Waals surface area contributed by atoms with E-state index < -0.39 is 0 Å². The van der Waals surface area contributed by atoms with E-state index in [1.807, 2.05) is 42.2 Å². The summed E-state index contributed by atoms with van der Waals surface area (Å²) in [6, 6.07) is 10.8. The molecule has 0 bridgehead atoms. The van der Waals surface area contributed by atoms with Gasteiger partial charge < -0.3 is 15.5 Å². The minimum Gasteiger partial charge on any atom is -0.339 e. The Balaban J connectivity index is 1.34. The summed E-state index contributed by atoms with van der Waals surface area (Å²) < 4.78 is 2.72. The highest BCUT2D eigenvalue weighted by Gasteiger charge is 2.20. The van der Waals surface area contributed by atoms with Crippen molar-refractivity contribution in [1.82, 2.24) is 25.2 Å². The third-order valence-corrected chi connectivity index (χ3v) is 6.07. The summed E-state index contributed by atoms with van der Waals surface area (Å²) in [7, 11) is 0. The van der Waals surface area contributed by atoms with Gasteiger partial charge in [0.25, 0.3) is 5.91 Å². The van der Waals surface area contributed by atoms with Gasteiger partial charge in [0.15, 0.2) is 0 Å². The molecule has 2 aromatic carbocycles. The number of likely N-dealkylation sites (tertiary alicyclic amines) is 1. The molecule has 4 rings (SSSR count). The van der Waals surface area contributed by atoms with Crippen molar-refractivity contribution in [2.45, 2.75) is 26.3 Å². The first-order valence-corrected chi connectivity index (χ1v) is 10.7. The number of amides is 3. The first kappa shape index (κ1) is 20.3. The van der Waals surface area contributed by atoms with Crippen LogP contribution in [0.2, 0.25) is 0 Å². The van der Waals surface area contributed by atoms with Gasteiger partial charge in [-0.15, -0.1) is 5.10 Å². The Kier molecular flexibility index (Phi) is 5.98. The van der Waals surface area contributed by atoms with Crippen LogP contribution in [0.1, 0.15) is 28.8 Å². The van der Waals surface area contributed by atoms with Crippen LogP contribution in [-0.2, 0) is 6.54 Å². The summed E-state index contributed by atoms with van der Waals surface area (Å²) in [6.07, 6.45) is 2.12. The van der Waals surface area contributed by atoms with Crippen LogP contribution < -0.4 is 10.6 Å². The smallest absolute Gasteiger partial charge is 0.319 e. The van der Waals surface area contributed by atoms with Crippen molar-refractivity contribution < 1.29 is 9.59 Å². The normalized spacial score (nSPS) is 13.6. The van der Waals surface area contributed by atoms with E-state index in [9.17, 15) is 9.59 Å². The van der Waals surface area contributed by atoms with Crippen molar-refractivity contribution in [3.63, 3.8) is 0 Å². The fourth-order valence-electron chi connectivity index (χ4n) is 3.55. The van der Waals surface area contributed by atoms with Crippen LogP contribution in [-0.4, -0.2) is 51.5 Å². The number of rotatable bonds is 5. The molecule has 0 radical (unpaired) electrons. The maximum Gasteiger partial charge on any atom is 0.319 e. The Morgan fingerprint density at radius 1 is 1.13 bits per heavy atom. The third kappa shape index (κ3) is 4.46. The lowest BCUT2D eigenvalue weighted by Crippen LogP contribution is -2.31. The van der Waals surface area contributed by atoms with Gasteiger partial charge in [0.1, 0.15) is 5.52 Å². The number of urea groups is 1. The van der Waals surface area contributed by atoms with E-state index >= 15 is 0 Å². The van der Waals surface area contributed by atoms with Crippen molar-refractivity contribution in [1.29, 1.82) is 0 Å². The Morgan fingerprint density at radius 3 is 2.70 bits per heavy atom. The second kappa shape index (κ2) is 8.83. The molecule has 1 aliphatic rings. The van der Waals surface area contributed by atoms with Crippen LogP contribution in [0.3, 0.4) is 0 Å². The summed E-state index contributed by atoms with van der Waals surface area (Å²) >= 11 is 3.44. The first-order valence-electron chi connectivity index (χ1n) is 9.95. The van der Waals surface area contributed by atoms with Crippen molar-refractivity contribution in [2.24, 2.45) is 0 Å². The Morgan fingerprint density at radius 2 is 1.93 bits per heavy atom. The predicted molar refractivity (Wildman–Crippen MR) is 119 cm³/mol. The number of aromatic nitrogens is 3. The van der Waals surface area contributed by atoms with Crippen molar-refractivity contribution >= 4 is 44.6 Å². The molecule has 1 aliphatic heterocycles. The highest BCUT2D eigenvalue weighted by molar-refractivity contribution is 9.10. The standard InChI is InChI=1S/C21H23BrN6O2/c1-14-12-16(5-6-17(14)22)24-21(30)23-8-11-28-19-7-4-15(13-18(19)25-26-28)20(29)27-9-2-3-10-27/h4-7,12-13H,2-3,8-11H2,1H3,(H2,23,24,30). The van der Waals surface area contributed by atoms with Crippen LogP contribution in [0.5, 0.6) is 0 Å². The zero-order valence-electron chi connectivity index (χ0n) is 16.7. The lowest BCUT2D eigenvalue weighted by Gasteiger charge is -2.14. The number of hydrogen-bond acceptors (Lipinski definition) is 4. The van der Waals surface area contributed by atoms with E-state index in [-0.39, 0.29) is 11.9 Å². The Bertz CT molecular complexity index is 1090. The number of hydrogen-bond donors (Lipinski definition) is 2. The largest absolute Gasteiger partial charge is 0.339 e. The number of benzene rings is 2. The molecule has 8 nitrogen and oxygen atoms in total. The molecule has 0 spiro atoms.